The van der Waals surface area contributed by atoms with Crippen LogP contribution in [0, 0.1) is 0 Å². The van der Waals surface area contributed by atoms with Crippen molar-refractivity contribution in [3.63, 3.8) is 0 Å². The molecule has 0 amide bonds. The molecular weight excluding hydrogens is 294 g/mol. The molecule has 126 valence electrons. The zero-order valence-electron chi connectivity index (χ0n) is 14.9. The SMILES string of the molecule is C=CCC[C@H](N)c1cc(C(C)(C)C)c(O)c(C(C)(C)C)c1.Cl. The highest BCUT2D eigenvalue weighted by atomic mass is 35.5. The molecule has 0 saturated heterocycles. The van der Waals surface area contributed by atoms with E-state index in [1.165, 1.54) is 0 Å². The number of benzene rings is 1. The maximum atomic E-state index is 10.7. The van der Waals surface area contributed by atoms with Gasteiger partial charge in [0.2, 0.25) is 0 Å². The van der Waals surface area contributed by atoms with Crippen LogP contribution in [0.2, 0.25) is 0 Å². The number of rotatable bonds is 4. The average molecular weight is 326 g/mol. The van der Waals surface area contributed by atoms with Gasteiger partial charge in [-0.15, -0.1) is 19.0 Å². The highest BCUT2D eigenvalue weighted by molar-refractivity contribution is 5.85. The molecule has 0 spiro atoms. The third-order valence-electron chi connectivity index (χ3n) is 3.86. The summed E-state index contributed by atoms with van der Waals surface area (Å²) in [5, 5.41) is 10.7. The van der Waals surface area contributed by atoms with Crippen molar-refractivity contribution < 1.29 is 5.11 Å². The summed E-state index contributed by atoms with van der Waals surface area (Å²) in [7, 11) is 0. The Hall–Kier alpha value is -0.990. The summed E-state index contributed by atoms with van der Waals surface area (Å²) in [4.78, 5) is 0. The molecule has 22 heavy (non-hydrogen) atoms. The van der Waals surface area contributed by atoms with Gasteiger partial charge in [0.05, 0.1) is 0 Å². The van der Waals surface area contributed by atoms with Gasteiger partial charge in [0.15, 0.2) is 0 Å². The number of nitrogens with two attached hydrogens (primary N) is 1. The van der Waals surface area contributed by atoms with E-state index in [9.17, 15) is 5.11 Å². The number of halogens is 1. The molecule has 1 rings (SSSR count). The topological polar surface area (TPSA) is 46.2 Å². The second kappa shape index (κ2) is 7.52. The second-order valence-electron chi connectivity index (χ2n) is 7.94. The van der Waals surface area contributed by atoms with Crippen LogP contribution in [0.1, 0.15) is 77.1 Å². The van der Waals surface area contributed by atoms with Gasteiger partial charge in [-0.05, 0) is 40.4 Å². The van der Waals surface area contributed by atoms with Crippen molar-refractivity contribution in [3.05, 3.63) is 41.5 Å². The van der Waals surface area contributed by atoms with Crippen molar-refractivity contribution in [1.82, 2.24) is 0 Å². The van der Waals surface area contributed by atoms with E-state index in [-0.39, 0.29) is 29.3 Å². The number of allylic oxidation sites excluding steroid dienone is 1. The Morgan fingerprint density at radius 3 is 1.82 bits per heavy atom. The fourth-order valence-electron chi connectivity index (χ4n) is 2.48. The van der Waals surface area contributed by atoms with Gasteiger partial charge in [0.25, 0.3) is 0 Å². The standard InChI is InChI=1S/C19H31NO.ClH/c1-8-9-10-16(20)13-11-14(18(2,3)4)17(21)15(12-13)19(5,6)7;/h8,11-12,16,21H,1,9-10,20H2,2-7H3;1H/t16-;/m0./s1. The molecule has 2 nitrogen and oxygen atoms in total. The van der Waals surface area contributed by atoms with Gasteiger partial charge < -0.3 is 10.8 Å². The van der Waals surface area contributed by atoms with E-state index in [1.807, 2.05) is 6.08 Å². The first kappa shape index (κ1) is 21.0. The van der Waals surface area contributed by atoms with E-state index in [4.69, 9.17) is 5.73 Å². The number of phenolic OH excluding ortho intramolecular Hbond substituents is 1. The molecule has 0 aliphatic heterocycles. The highest BCUT2D eigenvalue weighted by Crippen LogP contribution is 2.40. The first-order chi connectivity index (χ1) is 9.48. The highest BCUT2D eigenvalue weighted by Gasteiger charge is 2.27. The monoisotopic (exact) mass is 325 g/mol. The Morgan fingerprint density at radius 1 is 1.09 bits per heavy atom. The minimum absolute atomic E-state index is 0. The number of hydrogen-bond acceptors (Lipinski definition) is 2. The first-order valence-corrected chi connectivity index (χ1v) is 7.73. The molecule has 0 aliphatic carbocycles. The Bertz CT molecular complexity index is 474. The van der Waals surface area contributed by atoms with Crippen molar-refractivity contribution in [3.8, 4) is 5.75 Å². The summed E-state index contributed by atoms with van der Waals surface area (Å²) in [6, 6.07) is 4.11. The number of aromatic hydroxyl groups is 1. The third-order valence-corrected chi connectivity index (χ3v) is 3.86. The van der Waals surface area contributed by atoms with Crippen molar-refractivity contribution in [2.24, 2.45) is 5.73 Å². The summed E-state index contributed by atoms with van der Waals surface area (Å²) in [6.45, 7) is 16.5. The molecule has 1 aromatic carbocycles. The smallest absolute Gasteiger partial charge is 0.123 e. The molecule has 0 radical (unpaired) electrons. The molecule has 0 aliphatic rings. The summed E-state index contributed by atoms with van der Waals surface area (Å²) in [5.74, 6) is 0.412. The molecule has 3 N–H and O–H groups in total. The third kappa shape index (κ3) is 5.03. The minimum Gasteiger partial charge on any atom is -0.507 e. The molecular formula is C19H32ClNO. The zero-order chi connectivity index (χ0) is 16.4. The predicted molar refractivity (Wildman–Crippen MR) is 99.1 cm³/mol. The fourth-order valence-corrected chi connectivity index (χ4v) is 2.48. The van der Waals surface area contributed by atoms with Gasteiger partial charge in [-0.3, -0.25) is 0 Å². The molecule has 0 heterocycles. The minimum atomic E-state index is -0.113. The lowest BCUT2D eigenvalue weighted by molar-refractivity contribution is 0.422. The molecule has 0 aromatic heterocycles. The molecule has 0 fully saturated rings. The molecule has 0 unspecified atom stereocenters. The molecule has 3 heteroatoms. The second-order valence-corrected chi connectivity index (χ2v) is 7.94. The van der Waals surface area contributed by atoms with Gasteiger partial charge >= 0.3 is 0 Å². The van der Waals surface area contributed by atoms with E-state index >= 15 is 0 Å². The number of phenols is 1. The molecule has 1 atom stereocenters. The van der Waals surface area contributed by atoms with Gasteiger partial charge in [-0.1, -0.05) is 59.8 Å². The van der Waals surface area contributed by atoms with Crippen molar-refractivity contribution in [2.45, 2.75) is 71.3 Å². The lowest BCUT2D eigenvalue weighted by atomic mass is 9.77. The first-order valence-electron chi connectivity index (χ1n) is 7.73. The Balaban J connectivity index is 0.00000441. The summed E-state index contributed by atoms with van der Waals surface area (Å²) in [5.41, 5.74) is 9.14. The summed E-state index contributed by atoms with van der Waals surface area (Å²) >= 11 is 0. The summed E-state index contributed by atoms with van der Waals surface area (Å²) in [6.07, 6.45) is 3.68. The number of hydrogen-bond donors (Lipinski definition) is 2. The van der Waals surface area contributed by atoms with Crippen molar-refractivity contribution >= 4 is 12.4 Å². The molecule has 0 saturated carbocycles. The van der Waals surface area contributed by atoms with E-state index in [0.29, 0.717) is 5.75 Å². The van der Waals surface area contributed by atoms with Crippen LogP contribution in [0.3, 0.4) is 0 Å². The molecule has 1 aromatic rings. The Labute approximate surface area is 142 Å². The lowest BCUT2D eigenvalue weighted by Crippen LogP contribution is -2.20. The van der Waals surface area contributed by atoms with Crippen LogP contribution < -0.4 is 5.73 Å². The quantitative estimate of drug-likeness (QED) is 0.730. The van der Waals surface area contributed by atoms with Crippen molar-refractivity contribution in [1.29, 1.82) is 0 Å². The van der Waals surface area contributed by atoms with Crippen LogP contribution in [0.25, 0.3) is 0 Å². The normalized spacial score (nSPS) is 13.4. The van der Waals surface area contributed by atoms with Crippen molar-refractivity contribution in [2.75, 3.05) is 0 Å². The Kier molecular flexibility index (Phi) is 7.18. The van der Waals surface area contributed by atoms with Gasteiger partial charge in [0, 0.05) is 6.04 Å². The van der Waals surface area contributed by atoms with E-state index in [0.717, 1.165) is 29.5 Å². The van der Waals surface area contributed by atoms with E-state index < -0.39 is 0 Å². The lowest BCUT2D eigenvalue weighted by Gasteiger charge is -2.29. The largest absolute Gasteiger partial charge is 0.507 e. The van der Waals surface area contributed by atoms with E-state index in [1.54, 1.807) is 0 Å². The van der Waals surface area contributed by atoms with Crippen LogP contribution in [-0.4, -0.2) is 5.11 Å². The van der Waals surface area contributed by atoms with Crippen LogP contribution in [0.5, 0.6) is 5.75 Å². The maximum absolute atomic E-state index is 10.7. The predicted octanol–water partition coefficient (Wildman–Crippen LogP) is 5.38. The van der Waals surface area contributed by atoms with Gasteiger partial charge in [0.1, 0.15) is 5.75 Å². The van der Waals surface area contributed by atoms with Gasteiger partial charge in [-0.25, -0.2) is 0 Å². The van der Waals surface area contributed by atoms with Crippen LogP contribution in [-0.2, 0) is 10.8 Å². The van der Waals surface area contributed by atoms with Crippen LogP contribution in [0.4, 0.5) is 0 Å². The summed E-state index contributed by atoms with van der Waals surface area (Å²) < 4.78 is 0. The molecule has 0 bridgehead atoms. The van der Waals surface area contributed by atoms with Crippen LogP contribution in [0.15, 0.2) is 24.8 Å². The van der Waals surface area contributed by atoms with Crippen LogP contribution >= 0.6 is 12.4 Å². The van der Waals surface area contributed by atoms with E-state index in [2.05, 4.69) is 60.3 Å². The van der Waals surface area contributed by atoms with Gasteiger partial charge in [-0.2, -0.15) is 0 Å². The zero-order valence-corrected chi connectivity index (χ0v) is 15.7. The maximum Gasteiger partial charge on any atom is 0.123 e. The average Bonchev–Trinajstić information content (AvgIpc) is 2.33. The Morgan fingerprint density at radius 2 is 1.50 bits per heavy atom. The fraction of sp³-hybridized carbons (Fsp3) is 0.579.